The Morgan fingerprint density at radius 3 is 2.22 bits per heavy atom. The highest BCUT2D eigenvalue weighted by molar-refractivity contribution is 9.09. The third-order valence-corrected chi connectivity index (χ3v) is 2.66. The van der Waals surface area contributed by atoms with Gasteiger partial charge in [-0.3, -0.25) is 0 Å². The Kier molecular flexibility index (Phi) is 6.25. The Labute approximate surface area is 113 Å². The van der Waals surface area contributed by atoms with E-state index in [-0.39, 0.29) is 5.75 Å². The maximum atomic E-state index is 11.9. The second kappa shape index (κ2) is 7.46. The van der Waals surface area contributed by atoms with E-state index in [1.54, 1.807) is 12.1 Å². The van der Waals surface area contributed by atoms with E-state index in [0.29, 0.717) is 0 Å². The molecule has 0 heterocycles. The number of hydrogen-bond acceptors (Lipinski definition) is 1. The summed E-state index contributed by atoms with van der Waals surface area (Å²) < 4.78 is 39.6. The van der Waals surface area contributed by atoms with Crippen LogP contribution in [0.3, 0.4) is 0 Å². The van der Waals surface area contributed by atoms with Crippen LogP contribution in [0.25, 0.3) is 0 Å². The number of aryl methyl sites for hydroxylation is 1. The molecule has 0 aliphatic heterocycles. The first-order valence-electron chi connectivity index (χ1n) is 5.57. The van der Waals surface area contributed by atoms with E-state index in [1.807, 2.05) is 0 Å². The molecule has 0 unspecified atom stereocenters. The van der Waals surface area contributed by atoms with Gasteiger partial charge in [-0.25, -0.2) is 0 Å². The van der Waals surface area contributed by atoms with Gasteiger partial charge < -0.3 is 4.74 Å². The summed E-state index contributed by atoms with van der Waals surface area (Å²) in [6, 6.07) is 5.98. The van der Waals surface area contributed by atoms with E-state index in [0.717, 1.165) is 30.2 Å². The molecule has 1 rings (SSSR count). The van der Waals surface area contributed by atoms with Crippen molar-refractivity contribution in [1.29, 1.82) is 0 Å². The van der Waals surface area contributed by atoms with Gasteiger partial charge in [-0.05, 0) is 37.0 Å². The van der Waals surface area contributed by atoms with Gasteiger partial charge >= 0.3 is 6.36 Å². The standard InChI is InChI=1S/C13H14BrF3O/c14-10-4-2-1-3-5-11-6-8-12(9-7-11)18-13(15,16)17/h1-2,6-9H,3-5,10H2. The predicted octanol–water partition coefficient (Wildman–Crippen LogP) is 4.86. The van der Waals surface area contributed by atoms with E-state index in [4.69, 9.17) is 0 Å². The van der Waals surface area contributed by atoms with Gasteiger partial charge in [0.1, 0.15) is 5.75 Å². The van der Waals surface area contributed by atoms with Gasteiger partial charge in [0.25, 0.3) is 0 Å². The second-order valence-electron chi connectivity index (χ2n) is 3.68. The van der Waals surface area contributed by atoms with Gasteiger partial charge in [0.15, 0.2) is 0 Å². The van der Waals surface area contributed by atoms with Crippen LogP contribution >= 0.6 is 15.9 Å². The quantitative estimate of drug-likeness (QED) is 0.537. The SMILES string of the molecule is FC(F)(F)Oc1ccc(CCC=CCCBr)cc1. The molecule has 0 saturated heterocycles. The van der Waals surface area contributed by atoms with Gasteiger partial charge in [-0.1, -0.05) is 40.2 Å². The molecule has 5 heteroatoms. The third-order valence-electron chi connectivity index (χ3n) is 2.20. The number of allylic oxidation sites excluding steroid dienone is 2. The molecular formula is C13H14BrF3O. The minimum atomic E-state index is -4.63. The van der Waals surface area contributed by atoms with E-state index in [2.05, 4.69) is 32.8 Å². The van der Waals surface area contributed by atoms with Crippen LogP contribution in [0.15, 0.2) is 36.4 Å². The van der Waals surface area contributed by atoms with Gasteiger partial charge in [0.2, 0.25) is 0 Å². The molecule has 100 valence electrons. The largest absolute Gasteiger partial charge is 0.573 e. The lowest BCUT2D eigenvalue weighted by Crippen LogP contribution is -2.17. The van der Waals surface area contributed by atoms with Crippen LogP contribution in [0.4, 0.5) is 13.2 Å². The van der Waals surface area contributed by atoms with Crippen LogP contribution in [-0.2, 0) is 6.42 Å². The molecule has 1 nitrogen and oxygen atoms in total. The molecule has 0 aromatic heterocycles. The summed E-state index contributed by atoms with van der Waals surface area (Å²) in [5.74, 6) is -0.180. The number of alkyl halides is 4. The van der Waals surface area contributed by atoms with E-state index >= 15 is 0 Å². The van der Waals surface area contributed by atoms with Crippen LogP contribution < -0.4 is 4.74 Å². The van der Waals surface area contributed by atoms with Crippen LogP contribution in [0, 0.1) is 0 Å². The van der Waals surface area contributed by atoms with Crippen molar-refractivity contribution in [3.05, 3.63) is 42.0 Å². The number of ether oxygens (including phenoxy) is 1. The lowest BCUT2D eigenvalue weighted by atomic mass is 10.1. The average molecular weight is 323 g/mol. The molecule has 0 N–H and O–H groups in total. The van der Waals surface area contributed by atoms with Gasteiger partial charge in [-0.15, -0.1) is 13.2 Å². The van der Waals surface area contributed by atoms with Gasteiger partial charge in [0.05, 0.1) is 0 Å². The first-order chi connectivity index (χ1) is 8.51. The zero-order valence-corrected chi connectivity index (χ0v) is 11.3. The number of benzene rings is 1. The molecule has 0 saturated carbocycles. The Morgan fingerprint density at radius 2 is 1.67 bits per heavy atom. The van der Waals surface area contributed by atoms with E-state index < -0.39 is 6.36 Å². The molecule has 0 amide bonds. The Bertz CT molecular complexity index is 371. The minimum Gasteiger partial charge on any atom is -0.406 e. The molecule has 0 bridgehead atoms. The van der Waals surface area contributed by atoms with Crippen molar-refractivity contribution in [2.45, 2.75) is 25.6 Å². The molecule has 0 aliphatic rings. The molecule has 0 spiro atoms. The number of rotatable bonds is 6. The molecule has 1 aromatic rings. The van der Waals surface area contributed by atoms with Crippen molar-refractivity contribution in [2.24, 2.45) is 0 Å². The van der Waals surface area contributed by atoms with E-state index in [1.165, 1.54) is 12.1 Å². The normalized spacial score (nSPS) is 12.0. The maximum Gasteiger partial charge on any atom is 0.573 e. The summed E-state index contributed by atoms with van der Waals surface area (Å²) in [7, 11) is 0. The Hall–Kier alpha value is -0.970. The van der Waals surface area contributed by atoms with Crippen molar-refractivity contribution < 1.29 is 17.9 Å². The minimum absolute atomic E-state index is 0.180. The fourth-order valence-electron chi connectivity index (χ4n) is 1.41. The van der Waals surface area contributed by atoms with Crippen molar-refractivity contribution in [1.82, 2.24) is 0 Å². The predicted molar refractivity (Wildman–Crippen MR) is 69.0 cm³/mol. The molecule has 18 heavy (non-hydrogen) atoms. The summed E-state index contributed by atoms with van der Waals surface area (Å²) in [6.45, 7) is 0. The molecule has 0 aliphatic carbocycles. The zero-order chi connectivity index (χ0) is 13.4. The highest BCUT2D eigenvalue weighted by Crippen LogP contribution is 2.22. The highest BCUT2D eigenvalue weighted by atomic mass is 79.9. The smallest absolute Gasteiger partial charge is 0.406 e. The van der Waals surface area contributed by atoms with Gasteiger partial charge in [0, 0.05) is 5.33 Å². The average Bonchev–Trinajstić information content (AvgIpc) is 2.29. The van der Waals surface area contributed by atoms with Crippen molar-refractivity contribution in [2.75, 3.05) is 5.33 Å². The lowest BCUT2D eigenvalue weighted by Gasteiger charge is -2.08. The molecule has 0 fully saturated rings. The van der Waals surface area contributed by atoms with Crippen LogP contribution in [0.5, 0.6) is 5.75 Å². The zero-order valence-electron chi connectivity index (χ0n) is 9.71. The topological polar surface area (TPSA) is 9.23 Å². The molecular weight excluding hydrogens is 309 g/mol. The van der Waals surface area contributed by atoms with E-state index in [9.17, 15) is 13.2 Å². The summed E-state index contributed by atoms with van der Waals surface area (Å²) in [5, 5.41) is 0.937. The first kappa shape index (κ1) is 15.1. The summed E-state index contributed by atoms with van der Waals surface area (Å²) >= 11 is 3.32. The molecule has 0 atom stereocenters. The van der Waals surface area contributed by atoms with Crippen molar-refractivity contribution in [3.8, 4) is 5.75 Å². The second-order valence-corrected chi connectivity index (χ2v) is 4.47. The highest BCUT2D eigenvalue weighted by Gasteiger charge is 2.30. The fraction of sp³-hybridized carbons (Fsp3) is 0.385. The Morgan fingerprint density at radius 1 is 1.06 bits per heavy atom. The Balaban J connectivity index is 2.41. The monoisotopic (exact) mass is 322 g/mol. The van der Waals surface area contributed by atoms with Crippen LogP contribution in [0.1, 0.15) is 18.4 Å². The van der Waals surface area contributed by atoms with Gasteiger partial charge in [-0.2, -0.15) is 0 Å². The van der Waals surface area contributed by atoms with Crippen LogP contribution in [-0.4, -0.2) is 11.7 Å². The third kappa shape index (κ3) is 6.69. The van der Waals surface area contributed by atoms with Crippen molar-refractivity contribution in [3.63, 3.8) is 0 Å². The summed E-state index contributed by atoms with van der Waals surface area (Å²) in [6.07, 6.45) is 2.20. The maximum absolute atomic E-state index is 11.9. The fourth-order valence-corrected chi connectivity index (χ4v) is 1.67. The summed E-state index contributed by atoms with van der Waals surface area (Å²) in [5.41, 5.74) is 0.994. The van der Waals surface area contributed by atoms with Crippen molar-refractivity contribution >= 4 is 15.9 Å². The molecule has 0 radical (unpaired) electrons. The first-order valence-corrected chi connectivity index (χ1v) is 6.69. The number of hydrogen-bond donors (Lipinski definition) is 0. The molecule has 1 aromatic carbocycles. The number of halogens is 4. The summed E-state index contributed by atoms with van der Waals surface area (Å²) in [4.78, 5) is 0. The lowest BCUT2D eigenvalue weighted by molar-refractivity contribution is -0.274. The van der Waals surface area contributed by atoms with Crippen LogP contribution in [0.2, 0.25) is 0 Å².